The summed E-state index contributed by atoms with van der Waals surface area (Å²) in [5.41, 5.74) is 0.155. The molecule has 2 rings (SSSR count). The van der Waals surface area contributed by atoms with E-state index in [9.17, 15) is 0 Å². The Kier molecular flexibility index (Phi) is 2.85. The van der Waals surface area contributed by atoms with Crippen LogP contribution in [0.1, 0.15) is 53.4 Å². The number of hydrogen-bond acceptors (Lipinski definition) is 2. The predicted molar refractivity (Wildman–Crippen MR) is 60.6 cm³/mol. The summed E-state index contributed by atoms with van der Waals surface area (Å²) in [7, 11) is 0. The normalized spacial score (nSPS) is 33.8. The quantitative estimate of drug-likeness (QED) is 0.663. The minimum absolute atomic E-state index is 0.155. The highest BCUT2D eigenvalue weighted by atomic mass is 16.7. The summed E-state index contributed by atoms with van der Waals surface area (Å²) in [4.78, 5) is 0. The molecule has 0 aromatic rings. The van der Waals surface area contributed by atoms with Crippen molar-refractivity contribution in [2.45, 2.75) is 65.3 Å². The number of hydrogen-bond donors (Lipinski definition) is 0. The number of rotatable bonds is 1. The van der Waals surface area contributed by atoms with Crippen molar-refractivity contribution < 1.29 is 9.47 Å². The molecule has 1 heterocycles. The van der Waals surface area contributed by atoms with Crippen LogP contribution in [-0.4, -0.2) is 18.5 Å². The summed E-state index contributed by atoms with van der Waals surface area (Å²) < 4.78 is 12.3. The molecule has 0 N–H and O–H groups in total. The van der Waals surface area contributed by atoms with E-state index in [-0.39, 0.29) is 11.2 Å². The highest BCUT2D eigenvalue weighted by Gasteiger charge is 2.48. The summed E-state index contributed by atoms with van der Waals surface area (Å²) in [6.45, 7) is 9.84. The minimum Gasteiger partial charge on any atom is -0.349 e. The maximum Gasteiger partial charge on any atom is 0.168 e. The molecule has 1 atom stereocenters. The van der Waals surface area contributed by atoms with Crippen molar-refractivity contribution in [3.8, 4) is 0 Å². The van der Waals surface area contributed by atoms with Gasteiger partial charge in [-0.2, -0.15) is 0 Å². The average Bonchev–Trinajstić information content (AvgIpc) is 2.59. The van der Waals surface area contributed by atoms with Gasteiger partial charge >= 0.3 is 0 Å². The highest BCUT2D eigenvalue weighted by Crippen LogP contribution is 2.45. The van der Waals surface area contributed by atoms with E-state index in [1.807, 2.05) is 0 Å². The standard InChI is InChI=1S/C13H24O2/c1-10(2)11-12(3,4)9-14-13(15-11)7-5-6-8-13/h10-11H,5-9H2,1-4H3. The fourth-order valence-electron chi connectivity index (χ4n) is 3.04. The Morgan fingerprint density at radius 3 is 2.27 bits per heavy atom. The summed E-state index contributed by atoms with van der Waals surface area (Å²) in [6, 6.07) is 0. The van der Waals surface area contributed by atoms with Crippen LogP contribution in [0.4, 0.5) is 0 Å². The minimum atomic E-state index is -0.218. The molecule has 1 unspecified atom stereocenters. The van der Waals surface area contributed by atoms with Crippen molar-refractivity contribution >= 4 is 0 Å². The van der Waals surface area contributed by atoms with Gasteiger partial charge in [0.25, 0.3) is 0 Å². The van der Waals surface area contributed by atoms with Gasteiger partial charge < -0.3 is 9.47 Å². The van der Waals surface area contributed by atoms with Gasteiger partial charge in [-0.25, -0.2) is 0 Å². The second-order valence-electron chi connectivity index (χ2n) is 6.18. The Bertz CT molecular complexity index is 227. The van der Waals surface area contributed by atoms with E-state index in [1.165, 1.54) is 12.8 Å². The molecule has 0 bridgehead atoms. The molecule has 88 valence electrons. The van der Waals surface area contributed by atoms with Crippen molar-refractivity contribution in [2.75, 3.05) is 6.61 Å². The summed E-state index contributed by atoms with van der Waals surface area (Å²) in [5, 5.41) is 0. The third-order valence-corrected chi connectivity index (χ3v) is 3.79. The van der Waals surface area contributed by atoms with E-state index in [0.29, 0.717) is 12.0 Å². The predicted octanol–water partition coefficient (Wildman–Crippen LogP) is 3.35. The Balaban J connectivity index is 2.12. The summed E-state index contributed by atoms with van der Waals surface area (Å²) in [5.74, 6) is 0.353. The van der Waals surface area contributed by atoms with Crippen LogP contribution < -0.4 is 0 Å². The van der Waals surface area contributed by atoms with Crippen LogP contribution in [0.5, 0.6) is 0 Å². The zero-order chi connectivity index (χ0) is 11.1. The first-order valence-electron chi connectivity index (χ1n) is 6.27. The smallest absolute Gasteiger partial charge is 0.168 e. The molecule has 2 aliphatic rings. The van der Waals surface area contributed by atoms with Gasteiger partial charge in [0.2, 0.25) is 0 Å². The Morgan fingerprint density at radius 1 is 1.13 bits per heavy atom. The van der Waals surface area contributed by atoms with Gasteiger partial charge in [-0.1, -0.05) is 27.7 Å². The van der Waals surface area contributed by atoms with E-state index in [2.05, 4.69) is 27.7 Å². The van der Waals surface area contributed by atoms with E-state index in [4.69, 9.17) is 9.47 Å². The maximum atomic E-state index is 6.29. The van der Waals surface area contributed by atoms with Gasteiger partial charge in [0.05, 0.1) is 12.7 Å². The molecule has 1 aliphatic heterocycles. The van der Waals surface area contributed by atoms with E-state index >= 15 is 0 Å². The largest absolute Gasteiger partial charge is 0.349 e. The molecular weight excluding hydrogens is 188 g/mol. The first-order valence-corrected chi connectivity index (χ1v) is 6.27. The van der Waals surface area contributed by atoms with Crippen LogP contribution in [0.3, 0.4) is 0 Å². The average molecular weight is 212 g/mol. The lowest BCUT2D eigenvalue weighted by molar-refractivity contribution is -0.333. The SMILES string of the molecule is CC(C)C1OC2(CCCC2)OCC1(C)C. The molecule has 1 saturated heterocycles. The van der Waals surface area contributed by atoms with E-state index in [1.54, 1.807) is 0 Å². The zero-order valence-electron chi connectivity index (χ0n) is 10.5. The first kappa shape index (κ1) is 11.4. The molecule has 0 aromatic carbocycles. The van der Waals surface area contributed by atoms with Gasteiger partial charge in [-0.15, -0.1) is 0 Å². The zero-order valence-corrected chi connectivity index (χ0v) is 10.5. The molecule has 1 saturated carbocycles. The Labute approximate surface area is 93.3 Å². The van der Waals surface area contributed by atoms with Gasteiger partial charge in [-0.3, -0.25) is 0 Å². The van der Waals surface area contributed by atoms with E-state index in [0.717, 1.165) is 19.4 Å². The van der Waals surface area contributed by atoms with Crippen molar-refractivity contribution in [3.05, 3.63) is 0 Å². The van der Waals surface area contributed by atoms with Crippen molar-refractivity contribution in [3.63, 3.8) is 0 Å². The Morgan fingerprint density at radius 2 is 1.73 bits per heavy atom. The van der Waals surface area contributed by atoms with Crippen LogP contribution in [-0.2, 0) is 9.47 Å². The molecule has 0 aromatic heterocycles. The van der Waals surface area contributed by atoms with Crippen LogP contribution in [0.25, 0.3) is 0 Å². The second-order valence-corrected chi connectivity index (χ2v) is 6.18. The lowest BCUT2D eigenvalue weighted by Gasteiger charge is -2.49. The maximum absolute atomic E-state index is 6.29. The van der Waals surface area contributed by atoms with Crippen molar-refractivity contribution in [1.82, 2.24) is 0 Å². The lowest BCUT2D eigenvalue weighted by Crippen LogP contribution is -2.53. The molecule has 0 radical (unpaired) electrons. The fraction of sp³-hybridized carbons (Fsp3) is 1.00. The number of ether oxygens (including phenoxy) is 2. The van der Waals surface area contributed by atoms with Crippen LogP contribution in [0.15, 0.2) is 0 Å². The monoisotopic (exact) mass is 212 g/mol. The van der Waals surface area contributed by atoms with Gasteiger partial charge in [0, 0.05) is 18.3 Å². The molecular formula is C13H24O2. The summed E-state index contributed by atoms with van der Waals surface area (Å²) >= 11 is 0. The topological polar surface area (TPSA) is 18.5 Å². The van der Waals surface area contributed by atoms with Crippen molar-refractivity contribution in [2.24, 2.45) is 11.3 Å². The lowest BCUT2D eigenvalue weighted by atomic mass is 9.80. The molecule has 2 fully saturated rings. The fourth-order valence-corrected chi connectivity index (χ4v) is 3.04. The highest BCUT2D eigenvalue weighted by molar-refractivity contribution is 4.91. The van der Waals surface area contributed by atoms with Crippen molar-refractivity contribution in [1.29, 1.82) is 0 Å². The van der Waals surface area contributed by atoms with Gasteiger partial charge in [-0.05, 0) is 18.8 Å². The second kappa shape index (κ2) is 3.74. The van der Waals surface area contributed by atoms with Crippen LogP contribution >= 0.6 is 0 Å². The first-order chi connectivity index (χ1) is 6.95. The summed E-state index contributed by atoms with van der Waals surface area (Å²) in [6.07, 6.45) is 5.03. The molecule has 2 heteroatoms. The molecule has 0 amide bonds. The Hall–Kier alpha value is -0.0800. The van der Waals surface area contributed by atoms with E-state index < -0.39 is 0 Å². The van der Waals surface area contributed by atoms with Crippen LogP contribution in [0, 0.1) is 11.3 Å². The molecule has 2 nitrogen and oxygen atoms in total. The third kappa shape index (κ3) is 2.07. The van der Waals surface area contributed by atoms with Crippen LogP contribution in [0.2, 0.25) is 0 Å². The van der Waals surface area contributed by atoms with Gasteiger partial charge in [0.1, 0.15) is 0 Å². The molecule has 1 spiro atoms. The molecule has 1 aliphatic carbocycles. The third-order valence-electron chi connectivity index (χ3n) is 3.79. The van der Waals surface area contributed by atoms with Gasteiger partial charge in [0.15, 0.2) is 5.79 Å². The molecule has 15 heavy (non-hydrogen) atoms.